The second-order valence-electron chi connectivity index (χ2n) is 5.84. The number of carbonyl (C=O) groups excluding carboxylic acids is 3. The Kier molecular flexibility index (Phi) is 6.08. The number of nitrogens with one attached hydrogen (secondary N) is 1. The molecule has 0 bridgehead atoms. The molecule has 25 heavy (non-hydrogen) atoms. The van der Waals surface area contributed by atoms with E-state index in [1.54, 1.807) is 19.1 Å². The highest BCUT2D eigenvalue weighted by Gasteiger charge is 2.24. The standard InChI is InChI=1S/C17H20N2O5S/c1-9(2)16-15(10(3)19-24-16)17(22)23-8-13(21)14-6-5-12(25-14)7-18-11(4)20/h5-6,9H,7-8H2,1-4H3,(H,18,20). The van der Waals surface area contributed by atoms with E-state index in [2.05, 4.69) is 10.5 Å². The van der Waals surface area contributed by atoms with Gasteiger partial charge < -0.3 is 14.6 Å². The second-order valence-corrected chi connectivity index (χ2v) is 7.01. The Labute approximate surface area is 149 Å². The highest BCUT2D eigenvalue weighted by atomic mass is 32.1. The van der Waals surface area contributed by atoms with Crippen LogP contribution in [0.15, 0.2) is 16.7 Å². The molecule has 2 rings (SSSR count). The summed E-state index contributed by atoms with van der Waals surface area (Å²) in [5.41, 5.74) is 0.718. The summed E-state index contributed by atoms with van der Waals surface area (Å²) in [6, 6.07) is 3.42. The van der Waals surface area contributed by atoms with Crippen molar-refractivity contribution >= 4 is 29.0 Å². The average molecular weight is 364 g/mol. The number of aromatic nitrogens is 1. The second kappa shape index (κ2) is 8.06. The molecule has 0 aliphatic heterocycles. The smallest absolute Gasteiger partial charge is 0.344 e. The molecule has 0 saturated heterocycles. The van der Waals surface area contributed by atoms with Crippen LogP contribution in [0.25, 0.3) is 0 Å². The molecule has 2 aromatic heterocycles. The minimum Gasteiger partial charge on any atom is -0.454 e. The minimum absolute atomic E-state index is 0.0203. The summed E-state index contributed by atoms with van der Waals surface area (Å²) in [5, 5.41) is 6.45. The first kappa shape index (κ1) is 18.9. The van der Waals surface area contributed by atoms with E-state index in [0.29, 0.717) is 22.9 Å². The van der Waals surface area contributed by atoms with Gasteiger partial charge in [0.05, 0.1) is 17.1 Å². The minimum atomic E-state index is -0.620. The van der Waals surface area contributed by atoms with Gasteiger partial charge in [-0.2, -0.15) is 0 Å². The summed E-state index contributed by atoms with van der Waals surface area (Å²) in [5.74, 6) is -0.629. The zero-order chi connectivity index (χ0) is 18.6. The van der Waals surface area contributed by atoms with Crippen LogP contribution in [-0.4, -0.2) is 29.4 Å². The number of hydrogen-bond acceptors (Lipinski definition) is 7. The maximum atomic E-state index is 12.3. The molecule has 0 saturated carbocycles. The van der Waals surface area contributed by atoms with Crippen molar-refractivity contribution in [2.75, 3.05) is 6.61 Å². The fourth-order valence-corrected chi connectivity index (χ4v) is 3.01. The molecule has 0 radical (unpaired) electrons. The van der Waals surface area contributed by atoms with E-state index in [4.69, 9.17) is 9.26 Å². The van der Waals surface area contributed by atoms with Crippen LogP contribution in [0.5, 0.6) is 0 Å². The fraction of sp³-hybridized carbons (Fsp3) is 0.412. The van der Waals surface area contributed by atoms with Crippen LogP contribution >= 0.6 is 11.3 Å². The Bertz CT molecular complexity index is 791. The number of ketones is 1. The van der Waals surface area contributed by atoms with Gasteiger partial charge in [-0.05, 0) is 19.1 Å². The highest BCUT2D eigenvalue weighted by Crippen LogP contribution is 2.23. The lowest BCUT2D eigenvalue weighted by Gasteiger charge is -2.05. The lowest BCUT2D eigenvalue weighted by Crippen LogP contribution is -2.18. The van der Waals surface area contributed by atoms with E-state index in [1.807, 2.05) is 13.8 Å². The molecule has 0 atom stereocenters. The predicted molar refractivity (Wildman–Crippen MR) is 91.8 cm³/mol. The molecular formula is C17H20N2O5S. The van der Waals surface area contributed by atoms with E-state index in [0.717, 1.165) is 4.88 Å². The van der Waals surface area contributed by atoms with Crippen molar-refractivity contribution in [3.63, 3.8) is 0 Å². The van der Waals surface area contributed by atoms with Gasteiger partial charge in [0.25, 0.3) is 0 Å². The Balaban J connectivity index is 1.97. The number of Topliss-reactive ketones (excluding diaryl/α,β-unsaturated/α-hetero) is 1. The van der Waals surface area contributed by atoms with Crippen LogP contribution in [0.1, 0.15) is 63.1 Å². The van der Waals surface area contributed by atoms with Gasteiger partial charge in [-0.1, -0.05) is 19.0 Å². The zero-order valence-electron chi connectivity index (χ0n) is 14.5. The molecule has 0 unspecified atom stereocenters. The van der Waals surface area contributed by atoms with Crippen LogP contribution < -0.4 is 5.32 Å². The van der Waals surface area contributed by atoms with Crippen molar-refractivity contribution in [3.8, 4) is 0 Å². The number of aryl methyl sites for hydroxylation is 1. The normalized spacial score (nSPS) is 10.8. The maximum Gasteiger partial charge on any atom is 0.344 e. The molecule has 1 N–H and O–H groups in total. The van der Waals surface area contributed by atoms with Gasteiger partial charge in [-0.15, -0.1) is 11.3 Å². The SMILES string of the molecule is CC(=O)NCc1ccc(C(=O)COC(=O)c2c(C)noc2C(C)C)s1. The average Bonchev–Trinajstić information content (AvgIpc) is 3.17. The van der Waals surface area contributed by atoms with Gasteiger partial charge in [-0.25, -0.2) is 4.79 Å². The van der Waals surface area contributed by atoms with Crippen molar-refractivity contribution in [2.24, 2.45) is 0 Å². The Morgan fingerprint density at radius 1 is 1.32 bits per heavy atom. The Morgan fingerprint density at radius 2 is 2.04 bits per heavy atom. The van der Waals surface area contributed by atoms with Crippen molar-refractivity contribution < 1.29 is 23.6 Å². The molecule has 2 aromatic rings. The third-order valence-electron chi connectivity index (χ3n) is 3.40. The maximum absolute atomic E-state index is 12.3. The Morgan fingerprint density at radius 3 is 2.68 bits per heavy atom. The third kappa shape index (κ3) is 4.76. The van der Waals surface area contributed by atoms with E-state index < -0.39 is 5.97 Å². The first-order valence-corrected chi connectivity index (χ1v) is 8.60. The van der Waals surface area contributed by atoms with Crippen LogP contribution in [0.2, 0.25) is 0 Å². The number of ether oxygens (including phenoxy) is 1. The number of rotatable bonds is 7. The van der Waals surface area contributed by atoms with Crippen LogP contribution in [0.4, 0.5) is 0 Å². The molecule has 134 valence electrons. The van der Waals surface area contributed by atoms with Crippen molar-refractivity contribution in [2.45, 2.75) is 40.2 Å². The molecule has 0 aliphatic carbocycles. The summed E-state index contributed by atoms with van der Waals surface area (Å²) in [4.78, 5) is 36.7. The molecule has 0 aromatic carbocycles. The van der Waals surface area contributed by atoms with Gasteiger partial charge in [0.2, 0.25) is 11.7 Å². The summed E-state index contributed by atoms with van der Waals surface area (Å²) < 4.78 is 10.3. The van der Waals surface area contributed by atoms with Crippen molar-refractivity contribution in [1.29, 1.82) is 0 Å². The Hall–Kier alpha value is -2.48. The van der Waals surface area contributed by atoms with Crippen LogP contribution in [0, 0.1) is 6.92 Å². The van der Waals surface area contributed by atoms with E-state index in [-0.39, 0.29) is 29.8 Å². The monoisotopic (exact) mass is 364 g/mol. The largest absolute Gasteiger partial charge is 0.454 e. The lowest BCUT2D eigenvalue weighted by atomic mass is 10.1. The van der Waals surface area contributed by atoms with Gasteiger partial charge >= 0.3 is 5.97 Å². The highest BCUT2D eigenvalue weighted by molar-refractivity contribution is 7.14. The van der Waals surface area contributed by atoms with Crippen LogP contribution in [0.3, 0.4) is 0 Å². The molecule has 7 nitrogen and oxygen atoms in total. The van der Waals surface area contributed by atoms with Gasteiger partial charge in [0, 0.05) is 17.7 Å². The molecule has 0 fully saturated rings. The first-order chi connectivity index (χ1) is 11.8. The molecule has 8 heteroatoms. The van der Waals surface area contributed by atoms with Crippen LogP contribution in [-0.2, 0) is 16.1 Å². The molecule has 0 aliphatic rings. The summed E-state index contributed by atoms with van der Waals surface area (Å²) in [7, 11) is 0. The number of esters is 1. The van der Waals surface area contributed by atoms with E-state index >= 15 is 0 Å². The number of carbonyl (C=O) groups is 3. The molecule has 0 spiro atoms. The zero-order valence-corrected chi connectivity index (χ0v) is 15.4. The molecule has 1 amide bonds. The van der Waals surface area contributed by atoms with Gasteiger partial charge in [-0.3, -0.25) is 9.59 Å². The van der Waals surface area contributed by atoms with Gasteiger partial charge in [0.15, 0.2) is 12.4 Å². The van der Waals surface area contributed by atoms with Gasteiger partial charge in [0.1, 0.15) is 5.56 Å². The molecule has 2 heterocycles. The summed E-state index contributed by atoms with van der Waals surface area (Å²) in [6.07, 6.45) is 0. The van der Waals surface area contributed by atoms with E-state index in [1.165, 1.54) is 18.3 Å². The van der Waals surface area contributed by atoms with Crippen molar-refractivity contribution in [3.05, 3.63) is 38.9 Å². The number of amides is 1. The number of hydrogen-bond donors (Lipinski definition) is 1. The first-order valence-electron chi connectivity index (χ1n) is 7.79. The fourth-order valence-electron chi connectivity index (χ4n) is 2.14. The lowest BCUT2D eigenvalue weighted by molar-refractivity contribution is -0.119. The summed E-state index contributed by atoms with van der Waals surface area (Å²) in [6.45, 7) is 6.85. The topological polar surface area (TPSA) is 98.5 Å². The summed E-state index contributed by atoms with van der Waals surface area (Å²) >= 11 is 1.26. The molecular weight excluding hydrogens is 344 g/mol. The van der Waals surface area contributed by atoms with Crippen molar-refractivity contribution in [1.82, 2.24) is 10.5 Å². The quantitative estimate of drug-likeness (QED) is 0.599. The number of nitrogens with zero attached hydrogens (tertiary/aromatic N) is 1. The van der Waals surface area contributed by atoms with E-state index in [9.17, 15) is 14.4 Å². The predicted octanol–water partition coefficient (Wildman–Crippen LogP) is 2.84. The number of thiophene rings is 1. The third-order valence-corrected chi connectivity index (χ3v) is 4.53.